The minimum Gasteiger partial charge on any atom is -0.497 e. The third-order valence-corrected chi connectivity index (χ3v) is 4.30. The van der Waals surface area contributed by atoms with Crippen molar-refractivity contribution in [2.45, 2.75) is 31.7 Å². The first-order chi connectivity index (χ1) is 10.3. The average molecular weight is 326 g/mol. The van der Waals surface area contributed by atoms with Crippen molar-refractivity contribution in [1.82, 2.24) is 4.98 Å². The van der Waals surface area contributed by atoms with Gasteiger partial charge in [0, 0.05) is 12.0 Å². The summed E-state index contributed by atoms with van der Waals surface area (Å²) < 4.78 is 10.9. The third kappa shape index (κ3) is 5.65. The molecule has 0 fully saturated rings. The summed E-state index contributed by atoms with van der Waals surface area (Å²) in [5.74, 6) is 1.37. The van der Waals surface area contributed by atoms with Crippen LogP contribution in [0.5, 0.6) is 5.75 Å². The minimum absolute atomic E-state index is 0.500. The van der Waals surface area contributed by atoms with Crippen molar-refractivity contribution >= 4 is 22.9 Å². The maximum atomic E-state index is 5.74. The van der Waals surface area contributed by atoms with E-state index in [0.717, 1.165) is 42.9 Å². The molecule has 0 aliphatic heterocycles. The molecule has 2 aromatic rings. The quantitative estimate of drug-likeness (QED) is 0.505. The molecule has 2 rings (SSSR count). The highest BCUT2D eigenvalue weighted by Gasteiger charge is 2.01. The van der Waals surface area contributed by atoms with Crippen LogP contribution in [0.4, 0.5) is 0 Å². The van der Waals surface area contributed by atoms with Gasteiger partial charge in [-0.05, 0) is 37.0 Å². The maximum absolute atomic E-state index is 5.74. The predicted octanol–water partition coefficient (Wildman–Crippen LogP) is 4.43. The number of aryl methyl sites for hydroxylation is 1. The van der Waals surface area contributed by atoms with Crippen molar-refractivity contribution in [3.63, 3.8) is 0 Å². The highest BCUT2D eigenvalue weighted by Crippen LogP contribution is 2.15. The van der Waals surface area contributed by atoms with E-state index in [9.17, 15) is 0 Å². The predicted molar refractivity (Wildman–Crippen MR) is 87.3 cm³/mol. The van der Waals surface area contributed by atoms with Gasteiger partial charge in [-0.15, -0.1) is 22.9 Å². The summed E-state index contributed by atoms with van der Waals surface area (Å²) >= 11 is 7.43. The molecule has 3 nitrogen and oxygen atoms in total. The van der Waals surface area contributed by atoms with Gasteiger partial charge >= 0.3 is 0 Å². The molecule has 0 radical (unpaired) electrons. The van der Waals surface area contributed by atoms with Crippen LogP contribution in [0.3, 0.4) is 0 Å². The van der Waals surface area contributed by atoms with E-state index in [1.165, 1.54) is 5.01 Å². The standard InChI is InChI=1S/C16H20ClNO2S/c1-19-15-6-4-5-13(9-15)11-20-8-3-2-7-16-18-14(10-17)12-21-16/h4-6,9,12H,2-3,7-8,10-11H2,1H3. The lowest BCUT2D eigenvalue weighted by Gasteiger charge is -2.06. The van der Waals surface area contributed by atoms with E-state index in [1.807, 2.05) is 29.6 Å². The number of nitrogens with zero attached hydrogens (tertiary/aromatic N) is 1. The second kappa shape index (κ2) is 9.03. The lowest BCUT2D eigenvalue weighted by Crippen LogP contribution is -1.97. The Hall–Kier alpha value is -1.10. The zero-order valence-corrected chi connectivity index (χ0v) is 13.8. The number of hydrogen-bond donors (Lipinski definition) is 0. The SMILES string of the molecule is COc1cccc(COCCCCc2nc(CCl)cs2)c1. The van der Waals surface area contributed by atoms with Crippen molar-refractivity contribution in [2.24, 2.45) is 0 Å². The summed E-state index contributed by atoms with van der Waals surface area (Å²) in [6.45, 7) is 1.40. The van der Waals surface area contributed by atoms with Gasteiger partial charge in [0.25, 0.3) is 0 Å². The number of hydrogen-bond acceptors (Lipinski definition) is 4. The number of alkyl halides is 1. The number of unbranched alkanes of at least 4 members (excludes halogenated alkanes) is 1. The largest absolute Gasteiger partial charge is 0.497 e. The second-order valence-corrected chi connectivity index (χ2v) is 5.94. The van der Waals surface area contributed by atoms with Crippen LogP contribution in [-0.2, 0) is 23.6 Å². The maximum Gasteiger partial charge on any atom is 0.119 e. The van der Waals surface area contributed by atoms with Crippen LogP contribution in [0, 0.1) is 0 Å². The van der Waals surface area contributed by atoms with Crippen LogP contribution < -0.4 is 4.74 Å². The van der Waals surface area contributed by atoms with E-state index in [0.29, 0.717) is 12.5 Å². The van der Waals surface area contributed by atoms with Gasteiger partial charge in [0.05, 0.1) is 30.3 Å². The van der Waals surface area contributed by atoms with Gasteiger partial charge in [-0.1, -0.05) is 12.1 Å². The Kier molecular flexibility index (Phi) is 7.00. The number of methoxy groups -OCH3 is 1. The summed E-state index contributed by atoms with van der Waals surface area (Å²) in [5.41, 5.74) is 2.12. The number of rotatable bonds is 9. The van der Waals surface area contributed by atoms with E-state index in [-0.39, 0.29) is 0 Å². The summed E-state index contributed by atoms with van der Waals surface area (Å²) in [6, 6.07) is 7.97. The molecule has 0 spiro atoms. The normalized spacial score (nSPS) is 10.8. The highest BCUT2D eigenvalue weighted by atomic mass is 35.5. The average Bonchev–Trinajstić information content (AvgIpc) is 2.99. The van der Waals surface area contributed by atoms with E-state index in [2.05, 4.69) is 4.98 Å². The summed E-state index contributed by atoms with van der Waals surface area (Å²) in [6.07, 6.45) is 3.14. The molecule has 0 N–H and O–H groups in total. The number of thiazole rings is 1. The molecule has 0 bridgehead atoms. The van der Waals surface area contributed by atoms with E-state index in [4.69, 9.17) is 21.1 Å². The van der Waals surface area contributed by atoms with Crippen LogP contribution in [0.15, 0.2) is 29.6 Å². The lowest BCUT2D eigenvalue weighted by atomic mass is 10.2. The summed E-state index contributed by atoms with van der Waals surface area (Å²) in [7, 11) is 1.67. The van der Waals surface area contributed by atoms with Gasteiger partial charge in [0.1, 0.15) is 5.75 Å². The Labute approximate surface area is 134 Å². The molecule has 0 saturated heterocycles. The van der Waals surface area contributed by atoms with Gasteiger partial charge in [-0.2, -0.15) is 0 Å². The zero-order valence-electron chi connectivity index (χ0n) is 12.2. The molecule has 114 valence electrons. The Morgan fingerprint density at radius 1 is 1.29 bits per heavy atom. The number of benzene rings is 1. The highest BCUT2D eigenvalue weighted by molar-refractivity contribution is 7.09. The molecule has 0 unspecified atom stereocenters. The van der Waals surface area contributed by atoms with Gasteiger partial charge in [0.15, 0.2) is 0 Å². The smallest absolute Gasteiger partial charge is 0.119 e. The second-order valence-electron chi connectivity index (χ2n) is 4.73. The van der Waals surface area contributed by atoms with Crippen LogP contribution in [0.25, 0.3) is 0 Å². The van der Waals surface area contributed by atoms with Crippen molar-refractivity contribution in [3.05, 3.63) is 45.9 Å². The fraction of sp³-hybridized carbons (Fsp3) is 0.438. The summed E-state index contributed by atoms with van der Waals surface area (Å²) in [4.78, 5) is 4.45. The fourth-order valence-corrected chi connectivity index (χ4v) is 3.03. The molecule has 0 aliphatic carbocycles. The molecule has 21 heavy (non-hydrogen) atoms. The molecule has 0 saturated carbocycles. The Bertz CT molecular complexity index is 545. The number of halogens is 1. The third-order valence-electron chi connectivity index (χ3n) is 3.07. The number of ether oxygens (including phenoxy) is 2. The number of aromatic nitrogens is 1. The van der Waals surface area contributed by atoms with Crippen molar-refractivity contribution in [1.29, 1.82) is 0 Å². The van der Waals surface area contributed by atoms with E-state index >= 15 is 0 Å². The van der Waals surface area contributed by atoms with Crippen LogP contribution in [0.1, 0.15) is 29.1 Å². The zero-order chi connectivity index (χ0) is 14.9. The Balaban J connectivity index is 1.59. The van der Waals surface area contributed by atoms with Gasteiger partial charge in [0.2, 0.25) is 0 Å². The van der Waals surface area contributed by atoms with Crippen LogP contribution >= 0.6 is 22.9 Å². The lowest BCUT2D eigenvalue weighted by molar-refractivity contribution is 0.117. The van der Waals surface area contributed by atoms with E-state index in [1.54, 1.807) is 18.4 Å². The molecule has 0 atom stereocenters. The molecule has 0 amide bonds. The molecule has 1 heterocycles. The van der Waals surface area contributed by atoms with Crippen molar-refractivity contribution in [2.75, 3.05) is 13.7 Å². The first-order valence-electron chi connectivity index (χ1n) is 7.01. The first-order valence-corrected chi connectivity index (χ1v) is 8.43. The monoisotopic (exact) mass is 325 g/mol. The van der Waals surface area contributed by atoms with Crippen LogP contribution in [0.2, 0.25) is 0 Å². The molecule has 1 aromatic carbocycles. The Morgan fingerprint density at radius 2 is 2.19 bits per heavy atom. The van der Waals surface area contributed by atoms with Gasteiger partial charge < -0.3 is 9.47 Å². The fourth-order valence-electron chi connectivity index (χ4n) is 1.96. The van der Waals surface area contributed by atoms with Crippen LogP contribution in [-0.4, -0.2) is 18.7 Å². The summed E-state index contributed by atoms with van der Waals surface area (Å²) in [5, 5.41) is 3.19. The van der Waals surface area contributed by atoms with Gasteiger partial charge in [-0.25, -0.2) is 4.98 Å². The Morgan fingerprint density at radius 3 is 2.95 bits per heavy atom. The molecule has 0 aliphatic rings. The first kappa shape index (κ1) is 16.3. The van der Waals surface area contributed by atoms with Gasteiger partial charge in [-0.3, -0.25) is 0 Å². The van der Waals surface area contributed by atoms with E-state index < -0.39 is 0 Å². The minimum atomic E-state index is 0.500. The molecule has 1 aromatic heterocycles. The molecular weight excluding hydrogens is 306 g/mol. The molecule has 5 heteroatoms. The van der Waals surface area contributed by atoms with Crippen molar-refractivity contribution in [3.8, 4) is 5.75 Å². The topological polar surface area (TPSA) is 31.4 Å². The molecular formula is C16H20ClNO2S. The van der Waals surface area contributed by atoms with Crippen molar-refractivity contribution < 1.29 is 9.47 Å².